The molecule has 0 spiro atoms. The first-order valence-corrected chi connectivity index (χ1v) is 8.43. The zero-order chi connectivity index (χ0) is 16.5. The van der Waals surface area contributed by atoms with E-state index in [1.54, 1.807) is 33.2 Å². The van der Waals surface area contributed by atoms with Crippen LogP contribution >= 0.6 is 11.6 Å². The second-order valence-electron chi connectivity index (χ2n) is 4.95. The number of amidine groups is 1. The number of nitrogens with two attached hydrogens (primary N) is 1. The van der Waals surface area contributed by atoms with Crippen molar-refractivity contribution in [2.45, 2.75) is 24.1 Å². The van der Waals surface area contributed by atoms with Crippen LogP contribution in [0.1, 0.15) is 13.8 Å². The van der Waals surface area contributed by atoms with E-state index in [1.807, 2.05) is 0 Å². The van der Waals surface area contributed by atoms with Crippen LogP contribution < -0.4 is 11.1 Å². The Labute approximate surface area is 133 Å². The van der Waals surface area contributed by atoms with E-state index < -0.39 is 15.1 Å². The average molecular weight is 345 g/mol. The summed E-state index contributed by atoms with van der Waals surface area (Å²) in [5, 5.41) is 6.55. The lowest BCUT2D eigenvalue weighted by Crippen LogP contribution is -2.20. The van der Waals surface area contributed by atoms with Crippen LogP contribution in [0, 0.1) is 0 Å². The fourth-order valence-electron chi connectivity index (χ4n) is 1.72. The Bertz CT molecular complexity index is 776. The maximum atomic E-state index is 12.4. The summed E-state index contributed by atoms with van der Waals surface area (Å²) in [7, 11) is -1.92. The summed E-state index contributed by atoms with van der Waals surface area (Å²) in [6.45, 7) is 3.49. The van der Waals surface area contributed by atoms with Gasteiger partial charge in [0.1, 0.15) is 0 Å². The number of hydrogen-bond donors (Lipinski definition) is 2. The molecule has 10 heteroatoms. The third-order valence-corrected chi connectivity index (χ3v) is 5.33. The Morgan fingerprint density at radius 2 is 2.14 bits per heavy atom. The van der Waals surface area contributed by atoms with Crippen molar-refractivity contribution in [3.05, 3.63) is 17.3 Å². The molecule has 0 aliphatic carbocycles. The van der Waals surface area contributed by atoms with Crippen LogP contribution in [-0.2, 0) is 16.9 Å². The van der Waals surface area contributed by atoms with Gasteiger partial charge in [0.15, 0.2) is 5.84 Å². The maximum Gasteiger partial charge on any atom is 0.217 e. The number of nitrogens with one attached hydrogen (secondary N) is 1. The number of anilines is 1. The summed E-state index contributed by atoms with van der Waals surface area (Å²) in [4.78, 5) is 7.97. The van der Waals surface area contributed by atoms with Crippen molar-refractivity contribution in [1.29, 1.82) is 0 Å². The molecule has 2 rings (SSSR count). The van der Waals surface area contributed by atoms with Crippen LogP contribution in [0.25, 0.3) is 0 Å². The van der Waals surface area contributed by atoms with Crippen molar-refractivity contribution in [3.63, 3.8) is 0 Å². The first-order valence-electron chi connectivity index (χ1n) is 6.51. The minimum atomic E-state index is -3.55. The molecule has 1 aliphatic rings. The van der Waals surface area contributed by atoms with Gasteiger partial charge in [0, 0.05) is 13.2 Å². The van der Waals surface area contributed by atoms with Gasteiger partial charge in [-0.05, 0) is 19.9 Å². The molecular weight excluding hydrogens is 328 g/mol. The predicted molar refractivity (Wildman–Crippen MR) is 87.0 cm³/mol. The highest BCUT2D eigenvalue weighted by atomic mass is 35.5. The highest BCUT2D eigenvalue weighted by molar-refractivity contribution is 7.92. The van der Waals surface area contributed by atoms with Gasteiger partial charge < -0.3 is 11.1 Å². The number of aliphatic imine (C=N–C) groups is 2. The second-order valence-corrected chi connectivity index (χ2v) is 7.78. The van der Waals surface area contributed by atoms with Crippen molar-refractivity contribution in [2.24, 2.45) is 22.8 Å². The summed E-state index contributed by atoms with van der Waals surface area (Å²) in [6.07, 6.45) is 3.17. The summed E-state index contributed by atoms with van der Waals surface area (Å²) >= 11 is 6.10. The van der Waals surface area contributed by atoms with E-state index in [0.717, 1.165) is 0 Å². The predicted octanol–water partition coefficient (Wildman–Crippen LogP) is 0.864. The van der Waals surface area contributed by atoms with Crippen molar-refractivity contribution >= 4 is 38.9 Å². The van der Waals surface area contributed by atoms with Gasteiger partial charge in [-0.15, -0.1) is 0 Å². The van der Waals surface area contributed by atoms with E-state index in [4.69, 9.17) is 17.3 Å². The zero-order valence-corrected chi connectivity index (χ0v) is 14.0. The number of aryl methyl sites for hydroxylation is 1. The maximum absolute atomic E-state index is 12.4. The Morgan fingerprint density at radius 3 is 2.77 bits per heavy atom. The highest BCUT2D eigenvalue weighted by Gasteiger charge is 2.27. The molecular formula is C12H17ClN6O2S. The van der Waals surface area contributed by atoms with Gasteiger partial charge in [-0.2, -0.15) is 10.1 Å². The summed E-state index contributed by atoms with van der Waals surface area (Å²) in [5.74, 6) is 0.292. The highest BCUT2D eigenvalue weighted by Crippen LogP contribution is 2.24. The van der Waals surface area contributed by atoms with E-state index in [0.29, 0.717) is 11.6 Å². The van der Waals surface area contributed by atoms with E-state index in [-0.39, 0.29) is 22.5 Å². The third kappa shape index (κ3) is 3.30. The standard InChI is InChI=1S/C12H17ClN6O2S/c1-7(2)22(20,21)11-9(6-19(3)18-11)16-10-8(13)4-5-15-12(14)17-10/h4,6-7H,5H2,1-3H3,(H3,14,15,16,17). The van der Waals surface area contributed by atoms with Crippen LogP contribution in [0.4, 0.5) is 5.69 Å². The molecule has 0 amide bonds. The van der Waals surface area contributed by atoms with Gasteiger partial charge in [-0.3, -0.25) is 4.68 Å². The molecule has 1 aromatic heterocycles. The van der Waals surface area contributed by atoms with Crippen molar-refractivity contribution < 1.29 is 8.42 Å². The molecule has 0 unspecified atom stereocenters. The first kappa shape index (κ1) is 16.5. The molecule has 22 heavy (non-hydrogen) atoms. The van der Waals surface area contributed by atoms with Crippen molar-refractivity contribution in [3.8, 4) is 0 Å². The third-order valence-electron chi connectivity index (χ3n) is 2.91. The van der Waals surface area contributed by atoms with Crippen LogP contribution in [0.15, 0.2) is 32.3 Å². The van der Waals surface area contributed by atoms with Gasteiger partial charge in [-0.1, -0.05) is 11.6 Å². The van der Waals surface area contributed by atoms with Gasteiger partial charge in [-0.25, -0.2) is 13.4 Å². The number of guanidine groups is 1. The molecule has 0 fully saturated rings. The number of aromatic nitrogens is 2. The second kappa shape index (κ2) is 6.09. The van der Waals surface area contributed by atoms with Crippen LogP contribution in [0.3, 0.4) is 0 Å². The summed E-state index contributed by atoms with van der Waals surface area (Å²) < 4.78 is 26.1. The van der Waals surface area contributed by atoms with Crippen molar-refractivity contribution in [1.82, 2.24) is 9.78 Å². The summed E-state index contributed by atoms with van der Waals surface area (Å²) in [6, 6.07) is 0. The van der Waals surface area contributed by atoms with Crippen molar-refractivity contribution in [2.75, 3.05) is 11.9 Å². The number of sulfone groups is 1. The largest absolute Gasteiger partial charge is 0.368 e. The average Bonchev–Trinajstić information content (AvgIpc) is 2.71. The van der Waals surface area contributed by atoms with Crippen LogP contribution in [0.2, 0.25) is 0 Å². The Morgan fingerprint density at radius 1 is 1.45 bits per heavy atom. The topological polar surface area (TPSA) is 115 Å². The van der Waals surface area contributed by atoms with Gasteiger partial charge in [0.2, 0.25) is 20.8 Å². The molecule has 0 radical (unpaired) electrons. The van der Waals surface area contributed by atoms with Crippen LogP contribution in [0.5, 0.6) is 0 Å². The Kier molecular flexibility index (Phi) is 4.57. The fourth-order valence-corrected chi connectivity index (χ4v) is 2.98. The number of nitrogens with zero attached hydrogens (tertiary/aromatic N) is 4. The molecule has 0 atom stereocenters. The number of halogens is 1. The van der Waals surface area contributed by atoms with Gasteiger partial charge in [0.05, 0.1) is 22.5 Å². The zero-order valence-electron chi connectivity index (χ0n) is 12.4. The first-order chi connectivity index (χ1) is 10.2. The molecule has 0 saturated carbocycles. The lowest BCUT2D eigenvalue weighted by molar-refractivity contribution is 0.580. The molecule has 1 aromatic rings. The molecule has 3 N–H and O–H groups in total. The normalized spacial score (nSPS) is 16.0. The Balaban J connectivity index is 2.45. The number of rotatable bonds is 3. The fraction of sp³-hybridized carbons (Fsp3) is 0.417. The lowest BCUT2D eigenvalue weighted by atomic mass is 10.4. The van der Waals surface area contributed by atoms with E-state index in [9.17, 15) is 8.42 Å². The molecule has 0 bridgehead atoms. The van der Waals surface area contributed by atoms with Gasteiger partial charge >= 0.3 is 0 Å². The SMILES string of the molecule is CC(C)S(=O)(=O)c1nn(C)cc1NC1=NC(N)=NCC=C1Cl. The van der Waals surface area contributed by atoms with Gasteiger partial charge in [0.25, 0.3) is 0 Å². The van der Waals surface area contributed by atoms with E-state index in [1.165, 1.54) is 4.68 Å². The lowest BCUT2D eigenvalue weighted by Gasteiger charge is -2.10. The smallest absolute Gasteiger partial charge is 0.217 e. The quantitative estimate of drug-likeness (QED) is 0.844. The monoisotopic (exact) mass is 344 g/mol. The number of hydrogen-bond acceptors (Lipinski definition) is 7. The summed E-state index contributed by atoms with van der Waals surface area (Å²) in [5.41, 5.74) is 5.90. The molecule has 8 nitrogen and oxygen atoms in total. The molecule has 2 heterocycles. The molecule has 1 aliphatic heterocycles. The molecule has 120 valence electrons. The van der Waals surface area contributed by atoms with E-state index in [2.05, 4.69) is 20.4 Å². The molecule has 0 aromatic carbocycles. The van der Waals surface area contributed by atoms with E-state index >= 15 is 0 Å². The Hall–Kier alpha value is -1.87. The van der Waals surface area contributed by atoms with Crippen LogP contribution in [-0.4, -0.2) is 41.8 Å². The molecule has 0 saturated heterocycles. The minimum absolute atomic E-state index is 0.0584. The minimum Gasteiger partial charge on any atom is -0.368 e.